The first kappa shape index (κ1) is 15.7. The van der Waals surface area contributed by atoms with E-state index >= 15 is 0 Å². The molecule has 0 spiro atoms. The number of aliphatic hydroxyl groups excluding tert-OH is 1. The van der Waals surface area contributed by atoms with Crippen molar-refractivity contribution in [1.29, 1.82) is 0 Å². The number of carbonyl (C=O) groups excluding carboxylic acids is 2. The Morgan fingerprint density at radius 1 is 1.11 bits per heavy atom. The Bertz CT molecular complexity index is 305. The highest BCUT2D eigenvalue weighted by molar-refractivity contribution is 5.81. The van der Waals surface area contributed by atoms with Crippen molar-refractivity contribution in [3.63, 3.8) is 0 Å². The van der Waals surface area contributed by atoms with Crippen molar-refractivity contribution < 1.29 is 24.2 Å². The summed E-state index contributed by atoms with van der Waals surface area (Å²) in [6.07, 6.45) is 4.96. The van der Waals surface area contributed by atoms with E-state index in [9.17, 15) is 14.7 Å². The predicted molar refractivity (Wildman–Crippen MR) is 69.3 cm³/mol. The van der Waals surface area contributed by atoms with Crippen molar-refractivity contribution >= 4 is 11.9 Å². The Labute approximate surface area is 113 Å². The largest absolute Gasteiger partial charge is 0.465 e. The van der Waals surface area contributed by atoms with Gasteiger partial charge in [-0.05, 0) is 38.5 Å². The van der Waals surface area contributed by atoms with E-state index in [2.05, 4.69) is 6.58 Å². The van der Waals surface area contributed by atoms with Crippen LogP contribution in [0.3, 0.4) is 0 Å². The van der Waals surface area contributed by atoms with Gasteiger partial charge in [0.15, 0.2) is 0 Å². The van der Waals surface area contributed by atoms with E-state index in [0.29, 0.717) is 51.7 Å². The molecule has 0 amide bonds. The minimum absolute atomic E-state index is 0.0676. The Morgan fingerprint density at radius 2 is 1.68 bits per heavy atom. The van der Waals surface area contributed by atoms with Crippen molar-refractivity contribution in [2.45, 2.75) is 44.6 Å². The monoisotopic (exact) mass is 270 g/mol. The van der Waals surface area contributed by atoms with Gasteiger partial charge in [-0.2, -0.15) is 0 Å². The molecule has 1 rings (SSSR count). The molecule has 0 aromatic heterocycles. The molecule has 5 heteroatoms. The first-order valence-corrected chi connectivity index (χ1v) is 6.77. The summed E-state index contributed by atoms with van der Waals surface area (Å²) < 4.78 is 9.97. The summed E-state index contributed by atoms with van der Waals surface area (Å²) in [4.78, 5) is 22.4. The third kappa shape index (κ3) is 6.38. The van der Waals surface area contributed by atoms with E-state index in [1.165, 1.54) is 0 Å². The summed E-state index contributed by atoms with van der Waals surface area (Å²) in [5.74, 6) is -0.672. The summed E-state index contributed by atoms with van der Waals surface area (Å²) in [7, 11) is 0. The van der Waals surface area contributed by atoms with Crippen molar-refractivity contribution in [2.24, 2.45) is 5.92 Å². The fraction of sp³-hybridized carbons (Fsp3) is 0.714. The lowest BCUT2D eigenvalue weighted by Gasteiger charge is -2.23. The second-order valence-corrected chi connectivity index (χ2v) is 4.75. The van der Waals surface area contributed by atoms with Crippen LogP contribution in [0.5, 0.6) is 0 Å². The summed E-state index contributed by atoms with van der Waals surface area (Å²) in [6, 6.07) is 0. The van der Waals surface area contributed by atoms with Crippen LogP contribution in [0.2, 0.25) is 0 Å². The maximum atomic E-state index is 11.7. The molecule has 1 aliphatic rings. The first-order chi connectivity index (χ1) is 9.13. The minimum Gasteiger partial charge on any atom is -0.465 e. The number of aliphatic hydroxyl groups is 1. The number of unbranched alkanes of at least 4 members (excludes halogenated alkanes) is 1. The minimum atomic E-state index is -0.433. The molecule has 0 aromatic rings. The van der Waals surface area contributed by atoms with Crippen molar-refractivity contribution in [3.05, 3.63) is 12.7 Å². The molecule has 0 heterocycles. The van der Waals surface area contributed by atoms with Gasteiger partial charge in [-0.15, -0.1) is 0 Å². The van der Waals surface area contributed by atoms with Crippen LogP contribution in [0, 0.1) is 5.92 Å². The molecule has 0 radical (unpaired) electrons. The zero-order chi connectivity index (χ0) is 14.1. The lowest BCUT2D eigenvalue weighted by Crippen LogP contribution is -2.26. The van der Waals surface area contributed by atoms with Gasteiger partial charge < -0.3 is 14.6 Å². The fourth-order valence-electron chi connectivity index (χ4n) is 2.04. The van der Waals surface area contributed by atoms with E-state index in [1.54, 1.807) is 0 Å². The van der Waals surface area contributed by atoms with Gasteiger partial charge >= 0.3 is 11.9 Å². The Hall–Kier alpha value is -1.36. The molecular formula is C14H22O5. The zero-order valence-electron chi connectivity index (χ0n) is 11.2. The molecule has 1 N–H and O–H groups in total. The quantitative estimate of drug-likeness (QED) is 0.432. The smallest absolute Gasteiger partial charge is 0.330 e. The SMILES string of the molecule is C=CC(=O)OCCCCOC(=O)[C@H]1CC[C@H](O)CC1. The Morgan fingerprint density at radius 3 is 2.26 bits per heavy atom. The van der Waals surface area contributed by atoms with Crippen LogP contribution in [0.4, 0.5) is 0 Å². The van der Waals surface area contributed by atoms with Gasteiger partial charge in [-0.1, -0.05) is 6.58 Å². The normalized spacial score (nSPS) is 22.6. The maximum absolute atomic E-state index is 11.7. The van der Waals surface area contributed by atoms with Gasteiger partial charge in [-0.25, -0.2) is 4.79 Å². The zero-order valence-corrected chi connectivity index (χ0v) is 11.2. The second-order valence-electron chi connectivity index (χ2n) is 4.75. The van der Waals surface area contributed by atoms with Gasteiger partial charge in [0, 0.05) is 6.08 Å². The molecular weight excluding hydrogens is 248 g/mol. The average Bonchev–Trinajstić information content (AvgIpc) is 2.42. The highest BCUT2D eigenvalue weighted by Gasteiger charge is 2.26. The Kier molecular flexibility index (Phi) is 7.18. The number of ether oxygens (including phenoxy) is 2. The number of esters is 2. The highest BCUT2D eigenvalue weighted by atomic mass is 16.5. The van der Waals surface area contributed by atoms with E-state index in [0.717, 1.165) is 6.08 Å². The van der Waals surface area contributed by atoms with Crippen LogP contribution in [-0.4, -0.2) is 36.4 Å². The standard InChI is InChI=1S/C14H22O5/c1-2-13(16)18-9-3-4-10-19-14(17)11-5-7-12(15)8-6-11/h2,11-12,15H,1,3-10H2/t11-,12-. The fourth-order valence-corrected chi connectivity index (χ4v) is 2.04. The van der Waals surface area contributed by atoms with E-state index < -0.39 is 5.97 Å². The topological polar surface area (TPSA) is 72.8 Å². The third-order valence-electron chi connectivity index (χ3n) is 3.22. The van der Waals surface area contributed by atoms with E-state index in [4.69, 9.17) is 9.47 Å². The van der Waals surface area contributed by atoms with Crippen LogP contribution in [0.25, 0.3) is 0 Å². The van der Waals surface area contributed by atoms with Crippen molar-refractivity contribution in [2.75, 3.05) is 13.2 Å². The number of hydrogen-bond acceptors (Lipinski definition) is 5. The van der Waals surface area contributed by atoms with E-state index in [1.807, 2.05) is 0 Å². The average molecular weight is 270 g/mol. The van der Waals surface area contributed by atoms with Gasteiger partial charge in [-0.3, -0.25) is 4.79 Å². The van der Waals surface area contributed by atoms with Gasteiger partial charge in [0.05, 0.1) is 25.2 Å². The van der Waals surface area contributed by atoms with Gasteiger partial charge in [0.1, 0.15) is 0 Å². The van der Waals surface area contributed by atoms with E-state index in [-0.39, 0.29) is 18.0 Å². The number of rotatable bonds is 7. The second kappa shape index (κ2) is 8.69. The number of hydrogen-bond donors (Lipinski definition) is 1. The molecule has 19 heavy (non-hydrogen) atoms. The lowest BCUT2D eigenvalue weighted by molar-refractivity contribution is -0.150. The third-order valence-corrected chi connectivity index (χ3v) is 3.22. The molecule has 1 aliphatic carbocycles. The first-order valence-electron chi connectivity index (χ1n) is 6.77. The molecule has 1 saturated carbocycles. The van der Waals surface area contributed by atoms with Crippen LogP contribution in [0.15, 0.2) is 12.7 Å². The molecule has 0 saturated heterocycles. The maximum Gasteiger partial charge on any atom is 0.330 e. The van der Waals surface area contributed by atoms with Gasteiger partial charge in [0.2, 0.25) is 0 Å². The molecule has 0 aromatic carbocycles. The Balaban J connectivity index is 2.01. The van der Waals surface area contributed by atoms with Crippen molar-refractivity contribution in [1.82, 2.24) is 0 Å². The van der Waals surface area contributed by atoms with Crippen LogP contribution in [0.1, 0.15) is 38.5 Å². The molecule has 5 nitrogen and oxygen atoms in total. The molecule has 0 unspecified atom stereocenters. The van der Waals surface area contributed by atoms with Crippen LogP contribution in [-0.2, 0) is 19.1 Å². The number of carbonyl (C=O) groups is 2. The van der Waals surface area contributed by atoms with Crippen LogP contribution >= 0.6 is 0 Å². The summed E-state index contributed by atoms with van der Waals surface area (Å²) in [5, 5.41) is 9.35. The molecule has 0 aliphatic heterocycles. The van der Waals surface area contributed by atoms with Gasteiger partial charge in [0.25, 0.3) is 0 Å². The molecule has 0 bridgehead atoms. The lowest BCUT2D eigenvalue weighted by atomic mass is 9.87. The summed E-state index contributed by atoms with van der Waals surface area (Å²) >= 11 is 0. The molecule has 1 fully saturated rings. The molecule has 108 valence electrons. The summed E-state index contributed by atoms with van der Waals surface area (Å²) in [5.41, 5.74) is 0. The molecule has 0 atom stereocenters. The summed E-state index contributed by atoms with van der Waals surface area (Å²) in [6.45, 7) is 3.96. The highest BCUT2D eigenvalue weighted by Crippen LogP contribution is 2.25. The van der Waals surface area contributed by atoms with Crippen LogP contribution < -0.4 is 0 Å². The van der Waals surface area contributed by atoms with Crippen molar-refractivity contribution in [3.8, 4) is 0 Å². The predicted octanol–water partition coefficient (Wildman–Crippen LogP) is 1.59.